The summed E-state index contributed by atoms with van der Waals surface area (Å²) in [5, 5.41) is 9.36. The summed E-state index contributed by atoms with van der Waals surface area (Å²) in [6.45, 7) is 0.415. The van der Waals surface area contributed by atoms with Crippen molar-refractivity contribution in [2.75, 3.05) is 14.2 Å². The topological polar surface area (TPSA) is 62.7 Å². The standard InChI is InChI=1S/C15H16N2O3/c1-17(10-11-5-3-4-6-14(11)20-2)15(19)12-7-13(18)9-16-8-12/h3-9,18H,10H2,1-2H3. The lowest BCUT2D eigenvalue weighted by molar-refractivity contribution is 0.0783. The van der Waals surface area contributed by atoms with Gasteiger partial charge in [-0.15, -0.1) is 0 Å². The highest BCUT2D eigenvalue weighted by Gasteiger charge is 2.14. The van der Waals surface area contributed by atoms with E-state index in [0.29, 0.717) is 12.1 Å². The predicted octanol–water partition coefficient (Wildman–Crippen LogP) is 2.07. The van der Waals surface area contributed by atoms with Crippen molar-refractivity contribution >= 4 is 5.91 Å². The molecule has 1 amide bonds. The molecule has 0 aliphatic heterocycles. The maximum Gasteiger partial charge on any atom is 0.255 e. The Hall–Kier alpha value is -2.56. The van der Waals surface area contributed by atoms with Crippen molar-refractivity contribution in [1.29, 1.82) is 0 Å². The van der Waals surface area contributed by atoms with Gasteiger partial charge in [-0.1, -0.05) is 18.2 Å². The third-order valence-electron chi connectivity index (χ3n) is 2.92. The van der Waals surface area contributed by atoms with Crippen molar-refractivity contribution in [3.8, 4) is 11.5 Å². The SMILES string of the molecule is COc1ccccc1CN(C)C(=O)c1cncc(O)c1. The summed E-state index contributed by atoms with van der Waals surface area (Å²) in [5.41, 5.74) is 1.27. The summed E-state index contributed by atoms with van der Waals surface area (Å²) in [6.07, 6.45) is 2.72. The first-order valence-electron chi connectivity index (χ1n) is 6.13. The second-order valence-corrected chi connectivity index (χ2v) is 4.40. The van der Waals surface area contributed by atoms with Gasteiger partial charge in [0.1, 0.15) is 11.5 Å². The molecule has 0 unspecified atom stereocenters. The maximum atomic E-state index is 12.2. The molecule has 0 aliphatic carbocycles. The summed E-state index contributed by atoms with van der Waals surface area (Å²) in [4.78, 5) is 17.6. The van der Waals surface area contributed by atoms with Gasteiger partial charge in [0, 0.05) is 25.4 Å². The Kier molecular flexibility index (Phi) is 4.20. The molecule has 0 spiro atoms. The van der Waals surface area contributed by atoms with Crippen LogP contribution in [0.3, 0.4) is 0 Å². The zero-order valence-corrected chi connectivity index (χ0v) is 11.4. The Morgan fingerprint density at radius 3 is 2.80 bits per heavy atom. The van der Waals surface area contributed by atoms with Gasteiger partial charge in [0.2, 0.25) is 0 Å². The van der Waals surface area contributed by atoms with Crippen LogP contribution in [0.2, 0.25) is 0 Å². The fourth-order valence-corrected chi connectivity index (χ4v) is 1.93. The predicted molar refractivity (Wildman–Crippen MR) is 74.7 cm³/mol. The smallest absolute Gasteiger partial charge is 0.255 e. The van der Waals surface area contributed by atoms with Crippen molar-refractivity contribution in [2.24, 2.45) is 0 Å². The molecule has 0 saturated carbocycles. The second kappa shape index (κ2) is 6.06. The van der Waals surface area contributed by atoms with Gasteiger partial charge in [-0.25, -0.2) is 0 Å². The van der Waals surface area contributed by atoms with E-state index >= 15 is 0 Å². The number of ether oxygens (including phenoxy) is 1. The van der Waals surface area contributed by atoms with Gasteiger partial charge in [-0.05, 0) is 12.1 Å². The lowest BCUT2D eigenvalue weighted by atomic mass is 10.1. The monoisotopic (exact) mass is 272 g/mol. The summed E-state index contributed by atoms with van der Waals surface area (Å²) in [6, 6.07) is 8.93. The van der Waals surface area contributed by atoms with E-state index in [9.17, 15) is 9.90 Å². The number of methoxy groups -OCH3 is 1. The number of para-hydroxylation sites is 1. The van der Waals surface area contributed by atoms with E-state index in [0.717, 1.165) is 11.3 Å². The highest BCUT2D eigenvalue weighted by molar-refractivity contribution is 5.94. The van der Waals surface area contributed by atoms with Crippen LogP contribution in [-0.2, 0) is 6.54 Å². The number of aromatic hydroxyl groups is 1. The number of benzene rings is 1. The average Bonchev–Trinajstić information content (AvgIpc) is 2.47. The third-order valence-corrected chi connectivity index (χ3v) is 2.92. The number of aromatic nitrogens is 1. The zero-order valence-electron chi connectivity index (χ0n) is 11.4. The molecule has 0 fully saturated rings. The van der Waals surface area contributed by atoms with Gasteiger partial charge in [0.05, 0.1) is 18.9 Å². The van der Waals surface area contributed by atoms with Crippen molar-refractivity contribution in [1.82, 2.24) is 9.88 Å². The molecule has 1 N–H and O–H groups in total. The molecular weight excluding hydrogens is 256 g/mol. The van der Waals surface area contributed by atoms with E-state index in [1.807, 2.05) is 24.3 Å². The van der Waals surface area contributed by atoms with Crippen LogP contribution < -0.4 is 4.74 Å². The molecule has 1 aromatic carbocycles. The van der Waals surface area contributed by atoms with Gasteiger partial charge >= 0.3 is 0 Å². The molecule has 0 radical (unpaired) electrons. The van der Waals surface area contributed by atoms with Crippen molar-refractivity contribution in [3.63, 3.8) is 0 Å². The Labute approximate surface area is 117 Å². The van der Waals surface area contributed by atoms with Gasteiger partial charge in [0.25, 0.3) is 5.91 Å². The Balaban J connectivity index is 2.15. The van der Waals surface area contributed by atoms with E-state index in [2.05, 4.69) is 4.98 Å². The number of pyridine rings is 1. The van der Waals surface area contributed by atoms with Crippen LogP contribution in [-0.4, -0.2) is 35.1 Å². The molecule has 1 heterocycles. The summed E-state index contributed by atoms with van der Waals surface area (Å²) in [7, 11) is 3.29. The maximum absolute atomic E-state index is 12.2. The molecule has 5 nitrogen and oxygen atoms in total. The first-order valence-corrected chi connectivity index (χ1v) is 6.13. The lowest BCUT2D eigenvalue weighted by Crippen LogP contribution is -2.26. The fraction of sp³-hybridized carbons (Fsp3) is 0.200. The van der Waals surface area contributed by atoms with E-state index < -0.39 is 0 Å². The number of nitrogens with zero attached hydrogens (tertiary/aromatic N) is 2. The average molecular weight is 272 g/mol. The summed E-state index contributed by atoms with van der Waals surface area (Å²) in [5.74, 6) is 0.502. The molecule has 20 heavy (non-hydrogen) atoms. The largest absolute Gasteiger partial charge is 0.506 e. The number of carbonyl (C=O) groups excluding carboxylic acids is 1. The number of hydrogen-bond acceptors (Lipinski definition) is 4. The number of rotatable bonds is 4. The van der Waals surface area contributed by atoms with E-state index in [-0.39, 0.29) is 11.7 Å². The minimum atomic E-state index is -0.209. The molecule has 5 heteroatoms. The van der Waals surface area contributed by atoms with Gasteiger partial charge < -0.3 is 14.7 Å². The summed E-state index contributed by atoms with van der Waals surface area (Å²) >= 11 is 0. The fourth-order valence-electron chi connectivity index (χ4n) is 1.93. The van der Waals surface area contributed by atoms with Crippen LogP contribution in [0.4, 0.5) is 0 Å². The van der Waals surface area contributed by atoms with Crippen molar-refractivity contribution < 1.29 is 14.6 Å². The molecule has 0 saturated heterocycles. The molecule has 0 bridgehead atoms. The van der Waals surface area contributed by atoms with E-state index in [1.165, 1.54) is 18.5 Å². The molecule has 104 valence electrons. The van der Waals surface area contributed by atoms with Gasteiger partial charge in [-0.2, -0.15) is 0 Å². The highest BCUT2D eigenvalue weighted by Crippen LogP contribution is 2.20. The Morgan fingerprint density at radius 1 is 1.35 bits per heavy atom. The summed E-state index contributed by atoms with van der Waals surface area (Å²) < 4.78 is 5.26. The second-order valence-electron chi connectivity index (χ2n) is 4.40. The Morgan fingerprint density at radius 2 is 2.10 bits per heavy atom. The first kappa shape index (κ1) is 13.9. The number of hydrogen-bond donors (Lipinski definition) is 1. The highest BCUT2D eigenvalue weighted by atomic mass is 16.5. The van der Waals surface area contributed by atoms with Crippen molar-refractivity contribution in [2.45, 2.75) is 6.54 Å². The molecule has 0 atom stereocenters. The normalized spacial score (nSPS) is 10.1. The third kappa shape index (κ3) is 3.06. The molecular formula is C15H16N2O3. The zero-order chi connectivity index (χ0) is 14.5. The van der Waals surface area contributed by atoms with Crippen LogP contribution in [0.15, 0.2) is 42.7 Å². The quantitative estimate of drug-likeness (QED) is 0.925. The molecule has 1 aromatic heterocycles. The minimum absolute atomic E-state index is 0.0264. The van der Waals surface area contributed by atoms with Crippen LogP contribution in [0.25, 0.3) is 0 Å². The number of amides is 1. The number of carbonyl (C=O) groups is 1. The molecule has 0 aliphatic rings. The van der Waals surface area contributed by atoms with Crippen LogP contribution in [0.5, 0.6) is 11.5 Å². The van der Waals surface area contributed by atoms with Gasteiger partial charge in [0.15, 0.2) is 0 Å². The van der Waals surface area contributed by atoms with E-state index in [4.69, 9.17) is 4.74 Å². The van der Waals surface area contributed by atoms with Crippen molar-refractivity contribution in [3.05, 3.63) is 53.9 Å². The molecule has 2 rings (SSSR count). The van der Waals surface area contributed by atoms with Gasteiger partial charge in [-0.3, -0.25) is 9.78 Å². The Bertz CT molecular complexity index is 614. The van der Waals surface area contributed by atoms with Crippen LogP contribution >= 0.6 is 0 Å². The minimum Gasteiger partial charge on any atom is -0.506 e. The van der Waals surface area contributed by atoms with E-state index in [1.54, 1.807) is 19.1 Å². The lowest BCUT2D eigenvalue weighted by Gasteiger charge is -2.18. The first-order chi connectivity index (χ1) is 9.61. The molecule has 2 aromatic rings. The van der Waals surface area contributed by atoms with Crippen LogP contribution in [0.1, 0.15) is 15.9 Å². The van der Waals surface area contributed by atoms with Crippen LogP contribution in [0, 0.1) is 0 Å².